The van der Waals surface area contributed by atoms with Crippen LogP contribution in [0.1, 0.15) is 5.56 Å². The Morgan fingerprint density at radius 2 is 2.00 bits per heavy atom. The second kappa shape index (κ2) is 5.00. The summed E-state index contributed by atoms with van der Waals surface area (Å²) in [5.41, 5.74) is 1.44. The predicted molar refractivity (Wildman–Crippen MR) is 70.2 cm³/mol. The molecule has 2 amide bonds. The van der Waals surface area contributed by atoms with Crippen molar-refractivity contribution in [1.82, 2.24) is 4.90 Å². The van der Waals surface area contributed by atoms with E-state index in [0.29, 0.717) is 5.69 Å². The van der Waals surface area contributed by atoms with Gasteiger partial charge in [-0.2, -0.15) is 0 Å². The molecular weight excluding hydrogens is 268 g/mol. The highest BCUT2D eigenvalue weighted by Gasteiger charge is 2.24. The molecular formula is C12H14N2O4S. The first-order chi connectivity index (χ1) is 8.85. The van der Waals surface area contributed by atoms with Gasteiger partial charge in [0.1, 0.15) is 12.3 Å². The molecule has 0 saturated heterocycles. The number of benzene rings is 1. The van der Waals surface area contributed by atoms with E-state index in [1.54, 1.807) is 24.3 Å². The summed E-state index contributed by atoms with van der Waals surface area (Å²) in [6.45, 7) is 0.0896. The lowest BCUT2D eigenvalue weighted by Gasteiger charge is -2.18. The minimum atomic E-state index is -3.40. The zero-order valence-corrected chi connectivity index (χ0v) is 11.2. The van der Waals surface area contributed by atoms with Crippen LogP contribution in [-0.2, 0) is 26.0 Å². The Kier molecular flexibility index (Phi) is 3.57. The molecule has 2 rings (SSSR count). The van der Waals surface area contributed by atoms with Crippen LogP contribution in [-0.4, -0.2) is 43.7 Å². The molecule has 0 aliphatic carbocycles. The van der Waals surface area contributed by atoms with Gasteiger partial charge in [0.15, 0.2) is 9.84 Å². The van der Waals surface area contributed by atoms with Gasteiger partial charge in [-0.05, 0) is 11.6 Å². The molecule has 0 radical (unpaired) electrons. The Morgan fingerprint density at radius 1 is 1.32 bits per heavy atom. The summed E-state index contributed by atoms with van der Waals surface area (Å²) < 4.78 is 22.3. The van der Waals surface area contributed by atoms with Crippen molar-refractivity contribution in [2.24, 2.45) is 0 Å². The molecule has 1 aliphatic rings. The van der Waals surface area contributed by atoms with Crippen molar-refractivity contribution >= 4 is 27.3 Å². The first-order valence-electron chi connectivity index (χ1n) is 5.68. The zero-order valence-electron chi connectivity index (χ0n) is 10.4. The summed E-state index contributed by atoms with van der Waals surface area (Å²) in [6, 6.07) is 7.13. The van der Waals surface area contributed by atoms with Crippen LogP contribution in [0.4, 0.5) is 5.69 Å². The maximum Gasteiger partial charge on any atom is 0.244 e. The Bertz CT molecular complexity index is 624. The topological polar surface area (TPSA) is 83.6 Å². The molecule has 0 spiro atoms. The number of fused-ring (bicyclic) bond motifs is 1. The molecule has 0 saturated carbocycles. The molecule has 0 unspecified atom stereocenters. The van der Waals surface area contributed by atoms with Gasteiger partial charge in [-0.3, -0.25) is 9.59 Å². The molecule has 0 aromatic heterocycles. The van der Waals surface area contributed by atoms with E-state index < -0.39 is 21.5 Å². The summed E-state index contributed by atoms with van der Waals surface area (Å²) in [7, 11) is -3.40. The van der Waals surface area contributed by atoms with E-state index in [9.17, 15) is 18.0 Å². The maximum absolute atomic E-state index is 11.9. The number of hydrogen-bond donors (Lipinski definition) is 1. The van der Waals surface area contributed by atoms with Gasteiger partial charge in [-0.15, -0.1) is 0 Å². The second-order valence-electron chi connectivity index (χ2n) is 4.53. The average Bonchev–Trinajstić information content (AvgIpc) is 2.44. The van der Waals surface area contributed by atoms with E-state index in [1.165, 1.54) is 4.90 Å². The largest absolute Gasteiger partial charge is 0.328 e. The molecule has 1 aliphatic heterocycles. The minimum Gasteiger partial charge on any atom is -0.328 e. The lowest BCUT2D eigenvalue weighted by Crippen LogP contribution is -2.38. The third-order valence-corrected chi connectivity index (χ3v) is 3.50. The van der Waals surface area contributed by atoms with Crippen LogP contribution in [0.15, 0.2) is 24.3 Å². The molecule has 0 bridgehead atoms. The fraction of sp³-hybridized carbons (Fsp3) is 0.333. The first kappa shape index (κ1) is 13.5. The Balaban J connectivity index is 2.24. The average molecular weight is 282 g/mol. The van der Waals surface area contributed by atoms with Gasteiger partial charge < -0.3 is 10.2 Å². The van der Waals surface area contributed by atoms with Crippen LogP contribution in [0, 0.1) is 0 Å². The summed E-state index contributed by atoms with van der Waals surface area (Å²) in [5.74, 6) is -1.47. The molecule has 0 fully saturated rings. The Hall–Kier alpha value is -1.89. The molecule has 102 valence electrons. The maximum atomic E-state index is 11.9. The number of para-hydroxylation sites is 1. The lowest BCUT2D eigenvalue weighted by atomic mass is 10.2. The first-order valence-corrected chi connectivity index (χ1v) is 7.74. The van der Waals surface area contributed by atoms with E-state index in [2.05, 4.69) is 5.32 Å². The van der Waals surface area contributed by atoms with Crippen LogP contribution in [0.2, 0.25) is 0 Å². The Morgan fingerprint density at radius 3 is 2.68 bits per heavy atom. The molecule has 6 nitrogen and oxygen atoms in total. The molecule has 1 heterocycles. The van der Waals surface area contributed by atoms with Gasteiger partial charge in [-0.25, -0.2) is 8.42 Å². The molecule has 1 N–H and O–H groups in total. The van der Waals surface area contributed by atoms with E-state index in [4.69, 9.17) is 0 Å². The highest BCUT2D eigenvalue weighted by atomic mass is 32.2. The van der Waals surface area contributed by atoms with Crippen molar-refractivity contribution in [3.8, 4) is 0 Å². The minimum absolute atomic E-state index is 0.136. The van der Waals surface area contributed by atoms with Crippen molar-refractivity contribution < 1.29 is 18.0 Å². The van der Waals surface area contributed by atoms with Crippen LogP contribution in [0.5, 0.6) is 0 Å². The number of amides is 2. The van der Waals surface area contributed by atoms with E-state index in [-0.39, 0.29) is 19.0 Å². The molecule has 0 atom stereocenters. The van der Waals surface area contributed by atoms with Gasteiger partial charge in [0.2, 0.25) is 11.8 Å². The van der Waals surface area contributed by atoms with E-state index >= 15 is 0 Å². The van der Waals surface area contributed by atoms with Gasteiger partial charge >= 0.3 is 0 Å². The normalized spacial score (nSPS) is 15.4. The zero-order chi connectivity index (χ0) is 14.0. The SMILES string of the molecule is CS(=O)(=O)CC(=O)N1CC(=O)Nc2ccccc2C1. The van der Waals surface area contributed by atoms with Gasteiger partial charge in [0, 0.05) is 18.5 Å². The Labute approximate surface area is 111 Å². The van der Waals surface area contributed by atoms with E-state index in [1.807, 2.05) is 0 Å². The van der Waals surface area contributed by atoms with E-state index in [0.717, 1.165) is 11.8 Å². The molecule has 19 heavy (non-hydrogen) atoms. The second-order valence-corrected chi connectivity index (χ2v) is 6.67. The van der Waals surface area contributed by atoms with Crippen molar-refractivity contribution in [2.45, 2.75) is 6.54 Å². The van der Waals surface area contributed by atoms with Crippen molar-refractivity contribution in [3.63, 3.8) is 0 Å². The van der Waals surface area contributed by atoms with Gasteiger partial charge in [0.25, 0.3) is 0 Å². The number of hydrogen-bond acceptors (Lipinski definition) is 4. The molecule has 7 heteroatoms. The lowest BCUT2D eigenvalue weighted by molar-refractivity contribution is -0.132. The predicted octanol–water partition coefficient (Wildman–Crippen LogP) is 0.0119. The van der Waals surface area contributed by atoms with Gasteiger partial charge in [-0.1, -0.05) is 18.2 Å². The summed E-state index contributed by atoms with van der Waals surface area (Å²) in [5, 5.41) is 2.69. The van der Waals surface area contributed by atoms with Crippen LogP contribution >= 0.6 is 0 Å². The number of carbonyl (C=O) groups excluding carboxylic acids is 2. The summed E-state index contributed by atoms with van der Waals surface area (Å²) >= 11 is 0. The number of nitrogens with one attached hydrogen (secondary N) is 1. The number of anilines is 1. The highest BCUT2D eigenvalue weighted by Crippen LogP contribution is 2.20. The highest BCUT2D eigenvalue weighted by molar-refractivity contribution is 7.91. The third-order valence-electron chi connectivity index (χ3n) is 2.73. The molecule has 1 aromatic rings. The number of rotatable bonds is 2. The van der Waals surface area contributed by atoms with Crippen LogP contribution < -0.4 is 5.32 Å². The monoisotopic (exact) mass is 282 g/mol. The summed E-state index contributed by atoms with van der Waals surface area (Å²) in [6.07, 6.45) is 0.997. The fourth-order valence-corrected chi connectivity index (χ4v) is 2.53. The van der Waals surface area contributed by atoms with Crippen LogP contribution in [0.3, 0.4) is 0 Å². The van der Waals surface area contributed by atoms with Crippen molar-refractivity contribution in [3.05, 3.63) is 29.8 Å². The quantitative estimate of drug-likeness (QED) is 0.828. The number of sulfone groups is 1. The van der Waals surface area contributed by atoms with Crippen molar-refractivity contribution in [1.29, 1.82) is 0 Å². The standard InChI is InChI=1S/C12H14N2O4S/c1-19(17,18)8-12(16)14-6-9-4-2-3-5-10(9)13-11(15)7-14/h2-5H,6-8H2,1H3,(H,13,15). The summed E-state index contributed by atoms with van der Waals surface area (Å²) in [4.78, 5) is 24.8. The molecule has 1 aromatic carbocycles. The number of nitrogens with zero attached hydrogens (tertiary/aromatic N) is 1. The fourth-order valence-electron chi connectivity index (χ4n) is 1.90. The number of carbonyl (C=O) groups is 2. The van der Waals surface area contributed by atoms with Crippen LogP contribution in [0.25, 0.3) is 0 Å². The third kappa shape index (κ3) is 3.54. The van der Waals surface area contributed by atoms with Gasteiger partial charge in [0.05, 0.1) is 0 Å². The smallest absolute Gasteiger partial charge is 0.244 e. The van der Waals surface area contributed by atoms with Crippen molar-refractivity contribution in [2.75, 3.05) is 23.9 Å².